The highest BCUT2D eigenvalue weighted by molar-refractivity contribution is 5.50. The number of rotatable bonds is 7. The second-order valence-electron chi connectivity index (χ2n) is 5.52. The number of hydrogen-bond donors (Lipinski definition) is 1. The zero-order chi connectivity index (χ0) is 16.8. The molecule has 2 N–H and O–H groups in total. The number of nitrogens with one attached hydrogen (secondary N) is 2. The number of nitrogens with zero attached hydrogens (tertiary/aromatic N) is 1. The molecule has 0 radical (unpaired) electrons. The minimum Gasteiger partial charge on any atom is -0.493 e. The number of pyridine rings is 1. The molecule has 6 nitrogen and oxygen atoms in total. The first kappa shape index (κ1) is 16.7. The molecule has 0 fully saturated rings. The average molecular weight is 316 g/mol. The van der Waals surface area contributed by atoms with Gasteiger partial charge in [0.2, 0.25) is 0 Å². The minimum absolute atomic E-state index is 0.0403. The van der Waals surface area contributed by atoms with Gasteiger partial charge in [0.1, 0.15) is 5.75 Å². The molecule has 2 rings (SSSR count). The lowest BCUT2D eigenvalue weighted by atomic mass is 10.1. The van der Waals surface area contributed by atoms with E-state index in [4.69, 9.17) is 4.74 Å². The van der Waals surface area contributed by atoms with Crippen molar-refractivity contribution in [1.29, 1.82) is 0 Å². The Morgan fingerprint density at radius 3 is 2.83 bits per heavy atom. The lowest BCUT2D eigenvalue weighted by molar-refractivity contribution is -0.409. The van der Waals surface area contributed by atoms with Gasteiger partial charge in [-0.25, -0.2) is 4.98 Å². The van der Waals surface area contributed by atoms with Crippen LogP contribution in [0.2, 0.25) is 0 Å². The number of aryl methyl sites for hydroxylation is 2. The highest BCUT2D eigenvalue weighted by atomic mass is 16.6. The number of hydrogen-bond acceptors (Lipinski definition) is 4. The first-order chi connectivity index (χ1) is 11.0. The van der Waals surface area contributed by atoms with E-state index in [1.807, 2.05) is 19.9 Å². The molecular formula is C17H22N3O3+. The quantitative estimate of drug-likeness (QED) is 0.483. The fraction of sp³-hybridized carbons (Fsp3) is 0.353. The van der Waals surface area contributed by atoms with Crippen LogP contribution in [0.5, 0.6) is 5.75 Å². The van der Waals surface area contributed by atoms with Crippen molar-refractivity contribution in [1.82, 2.24) is 0 Å². The third kappa shape index (κ3) is 4.42. The van der Waals surface area contributed by atoms with Crippen LogP contribution in [-0.4, -0.2) is 18.1 Å². The van der Waals surface area contributed by atoms with Crippen LogP contribution >= 0.6 is 0 Å². The van der Waals surface area contributed by atoms with Gasteiger partial charge in [0.15, 0.2) is 0 Å². The van der Waals surface area contributed by atoms with E-state index in [-0.39, 0.29) is 5.69 Å². The predicted octanol–water partition coefficient (Wildman–Crippen LogP) is 3.22. The molecule has 0 unspecified atom stereocenters. The Kier molecular flexibility index (Phi) is 5.51. The number of anilines is 1. The van der Waals surface area contributed by atoms with Crippen molar-refractivity contribution < 1.29 is 14.6 Å². The summed E-state index contributed by atoms with van der Waals surface area (Å²) >= 11 is 0. The van der Waals surface area contributed by atoms with Crippen LogP contribution in [0.15, 0.2) is 30.5 Å². The summed E-state index contributed by atoms with van der Waals surface area (Å²) in [5.74, 6) is 1.32. The largest absolute Gasteiger partial charge is 0.493 e. The summed E-state index contributed by atoms with van der Waals surface area (Å²) in [5, 5.41) is 14.0. The number of benzene rings is 1. The number of aromatic nitrogens is 1. The van der Waals surface area contributed by atoms with Gasteiger partial charge in [0, 0.05) is 12.5 Å². The molecule has 2 aromatic rings. The van der Waals surface area contributed by atoms with Gasteiger partial charge in [0.05, 0.1) is 24.3 Å². The first-order valence-electron chi connectivity index (χ1n) is 7.58. The number of nitro groups is 1. The van der Waals surface area contributed by atoms with Crippen LogP contribution in [0.3, 0.4) is 0 Å². The van der Waals surface area contributed by atoms with Crippen molar-refractivity contribution in [2.24, 2.45) is 0 Å². The molecule has 1 aromatic heterocycles. The number of ether oxygens (including phenoxy) is 1. The van der Waals surface area contributed by atoms with Crippen molar-refractivity contribution in [3.63, 3.8) is 0 Å². The normalized spacial score (nSPS) is 10.4. The average Bonchev–Trinajstić information content (AvgIpc) is 2.51. The smallest absolute Gasteiger partial charge is 0.357 e. The molecule has 23 heavy (non-hydrogen) atoms. The highest BCUT2D eigenvalue weighted by Gasteiger charge is 2.18. The Morgan fingerprint density at radius 2 is 2.09 bits per heavy atom. The third-order valence-electron chi connectivity index (χ3n) is 3.68. The minimum atomic E-state index is -0.409. The summed E-state index contributed by atoms with van der Waals surface area (Å²) in [4.78, 5) is 13.4. The summed E-state index contributed by atoms with van der Waals surface area (Å²) in [6.45, 7) is 7.31. The van der Waals surface area contributed by atoms with E-state index in [0.29, 0.717) is 19.0 Å². The molecule has 0 aliphatic rings. The summed E-state index contributed by atoms with van der Waals surface area (Å²) in [6, 6.07) is 7.24. The summed E-state index contributed by atoms with van der Waals surface area (Å²) < 4.78 is 5.83. The molecule has 0 saturated heterocycles. The van der Waals surface area contributed by atoms with E-state index in [9.17, 15) is 10.1 Å². The van der Waals surface area contributed by atoms with E-state index in [0.717, 1.165) is 17.7 Å². The molecule has 1 aromatic carbocycles. The molecule has 0 bridgehead atoms. The maximum absolute atomic E-state index is 10.9. The highest BCUT2D eigenvalue weighted by Crippen LogP contribution is 2.23. The van der Waals surface area contributed by atoms with E-state index in [2.05, 4.69) is 23.3 Å². The molecule has 0 aliphatic carbocycles. The van der Waals surface area contributed by atoms with Gasteiger partial charge in [-0.05, 0) is 49.6 Å². The van der Waals surface area contributed by atoms with Gasteiger partial charge in [-0.1, -0.05) is 6.07 Å². The molecule has 0 spiro atoms. The maximum Gasteiger partial charge on any atom is 0.357 e. The molecule has 122 valence electrons. The first-order valence-corrected chi connectivity index (χ1v) is 7.58. The maximum atomic E-state index is 10.9. The van der Waals surface area contributed by atoms with E-state index < -0.39 is 4.92 Å². The second kappa shape index (κ2) is 7.58. The van der Waals surface area contributed by atoms with Gasteiger partial charge < -0.3 is 4.74 Å². The molecule has 1 heterocycles. The molecular weight excluding hydrogens is 294 g/mol. The SMILES string of the molecule is Cc1cc(C)c(C)c(OCCCNc2[nH+]cccc2[N+](=O)[O-])c1. The molecule has 0 atom stereocenters. The summed E-state index contributed by atoms with van der Waals surface area (Å²) in [7, 11) is 0. The van der Waals surface area contributed by atoms with Crippen molar-refractivity contribution in [2.45, 2.75) is 27.2 Å². The van der Waals surface area contributed by atoms with Crippen LogP contribution in [0.25, 0.3) is 0 Å². The predicted molar refractivity (Wildman–Crippen MR) is 88.9 cm³/mol. The van der Waals surface area contributed by atoms with Crippen LogP contribution in [0.4, 0.5) is 11.5 Å². The standard InChI is InChI=1S/C17H21N3O3/c1-12-10-13(2)14(3)16(11-12)23-9-5-8-19-17-15(20(21)22)6-4-7-18-17/h4,6-7,10-11H,5,8-9H2,1-3H3,(H,18,19)/p+1. The molecule has 0 amide bonds. The third-order valence-corrected chi connectivity index (χ3v) is 3.68. The van der Waals surface area contributed by atoms with Gasteiger partial charge in [0.25, 0.3) is 0 Å². The fourth-order valence-corrected chi connectivity index (χ4v) is 2.34. The van der Waals surface area contributed by atoms with Crippen LogP contribution in [-0.2, 0) is 0 Å². The number of aromatic amines is 1. The van der Waals surface area contributed by atoms with Crippen molar-refractivity contribution in [2.75, 3.05) is 18.5 Å². The topological polar surface area (TPSA) is 78.5 Å². The van der Waals surface area contributed by atoms with Gasteiger partial charge in [-0.2, -0.15) is 0 Å². The van der Waals surface area contributed by atoms with Crippen molar-refractivity contribution in [3.8, 4) is 5.75 Å². The zero-order valence-electron chi connectivity index (χ0n) is 13.7. The lowest BCUT2D eigenvalue weighted by Gasteiger charge is -2.12. The van der Waals surface area contributed by atoms with Gasteiger partial charge in [-0.3, -0.25) is 15.4 Å². The van der Waals surface area contributed by atoms with E-state index >= 15 is 0 Å². The summed E-state index contributed by atoms with van der Waals surface area (Å²) in [5.41, 5.74) is 3.58. The van der Waals surface area contributed by atoms with E-state index in [1.165, 1.54) is 17.2 Å². The van der Waals surface area contributed by atoms with Crippen LogP contribution in [0.1, 0.15) is 23.1 Å². The van der Waals surface area contributed by atoms with Gasteiger partial charge in [-0.15, -0.1) is 0 Å². The monoisotopic (exact) mass is 316 g/mol. The van der Waals surface area contributed by atoms with Gasteiger partial charge >= 0.3 is 11.5 Å². The molecule has 0 saturated carbocycles. The Bertz CT molecular complexity index is 701. The Labute approximate surface area is 135 Å². The van der Waals surface area contributed by atoms with Crippen LogP contribution < -0.4 is 15.0 Å². The van der Waals surface area contributed by atoms with Crippen LogP contribution in [0, 0.1) is 30.9 Å². The second-order valence-corrected chi connectivity index (χ2v) is 5.52. The summed E-state index contributed by atoms with van der Waals surface area (Å²) in [6.07, 6.45) is 2.40. The Morgan fingerprint density at radius 1 is 1.30 bits per heavy atom. The molecule has 0 aliphatic heterocycles. The Balaban J connectivity index is 1.84. The Hall–Kier alpha value is -2.63. The van der Waals surface area contributed by atoms with Crippen molar-refractivity contribution >= 4 is 11.5 Å². The van der Waals surface area contributed by atoms with E-state index in [1.54, 1.807) is 12.3 Å². The zero-order valence-corrected chi connectivity index (χ0v) is 13.7. The molecule has 6 heteroatoms. The number of H-pyrrole nitrogens is 1. The lowest BCUT2D eigenvalue weighted by Crippen LogP contribution is -2.17. The fourth-order valence-electron chi connectivity index (χ4n) is 2.34. The van der Waals surface area contributed by atoms with Crippen molar-refractivity contribution in [3.05, 3.63) is 57.3 Å².